The summed E-state index contributed by atoms with van der Waals surface area (Å²) in [5.74, 6) is 2.04. The van der Waals surface area contributed by atoms with Crippen molar-refractivity contribution in [2.75, 3.05) is 0 Å². The lowest BCUT2D eigenvalue weighted by atomic mass is 10.0. The van der Waals surface area contributed by atoms with Crippen LogP contribution in [0.15, 0.2) is 28.7 Å². The maximum absolute atomic E-state index is 13.4. The molecular weight excluding hydrogens is 255 g/mol. The summed E-state index contributed by atoms with van der Waals surface area (Å²) in [6.07, 6.45) is 5.31. The highest BCUT2D eigenvalue weighted by Gasteiger charge is 2.08. The Morgan fingerprint density at radius 1 is 1.33 bits per heavy atom. The van der Waals surface area contributed by atoms with Gasteiger partial charge in [0.1, 0.15) is 5.82 Å². The van der Waals surface area contributed by atoms with Gasteiger partial charge in [0, 0.05) is 9.86 Å². The maximum Gasteiger partial charge on any atom is 0.139 e. The molecule has 0 saturated heterocycles. The molecule has 2 heteroatoms. The SMILES string of the molecule is C#Cc1c(F)ccc2cc(C)cc(Br)c12. The predicted octanol–water partition coefficient (Wildman–Crippen LogP) is 4.03. The molecule has 0 aliphatic rings. The van der Waals surface area contributed by atoms with Gasteiger partial charge >= 0.3 is 0 Å². The summed E-state index contributed by atoms with van der Waals surface area (Å²) in [6.45, 7) is 1.99. The molecule has 15 heavy (non-hydrogen) atoms. The monoisotopic (exact) mass is 262 g/mol. The number of rotatable bonds is 0. The van der Waals surface area contributed by atoms with E-state index in [9.17, 15) is 4.39 Å². The number of halogens is 2. The highest BCUT2D eigenvalue weighted by molar-refractivity contribution is 9.10. The molecule has 0 fully saturated rings. The second-order valence-corrected chi connectivity index (χ2v) is 4.27. The average Bonchev–Trinajstić information content (AvgIpc) is 2.18. The Bertz CT molecular complexity index is 579. The van der Waals surface area contributed by atoms with Gasteiger partial charge in [-0.05, 0) is 30.0 Å². The number of terminal acetylenes is 1. The van der Waals surface area contributed by atoms with Gasteiger partial charge in [0.15, 0.2) is 0 Å². The van der Waals surface area contributed by atoms with Crippen LogP contribution in [0.25, 0.3) is 10.8 Å². The van der Waals surface area contributed by atoms with Crippen LogP contribution in [-0.2, 0) is 0 Å². The predicted molar refractivity (Wildman–Crippen MR) is 64.3 cm³/mol. The highest BCUT2D eigenvalue weighted by atomic mass is 79.9. The van der Waals surface area contributed by atoms with E-state index in [1.54, 1.807) is 6.07 Å². The van der Waals surface area contributed by atoms with Crippen LogP contribution >= 0.6 is 15.9 Å². The van der Waals surface area contributed by atoms with Crippen LogP contribution < -0.4 is 0 Å². The summed E-state index contributed by atoms with van der Waals surface area (Å²) < 4.78 is 14.3. The Hall–Kier alpha value is -1.33. The van der Waals surface area contributed by atoms with E-state index in [0.29, 0.717) is 5.56 Å². The Kier molecular flexibility index (Phi) is 2.50. The summed E-state index contributed by atoms with van der Waals surface area (Å²) >= 11 is 3.41. The molecule has 2 aromatic carbocycles. The largest absolute Gasteiger partial charge is 0.206 e. The van der Waals surface area contributed by atoms with Crippen molar-refractivity contribution in [2.45, 2.75) is 6.92 Å². The van der Waals surface area contributed by atoms with Crippen molar-refractivity contribution in [3.8, 4) is 12.3 Å². The molecule has 2 rings (SSSR count). The van der Waals surface area contributed by atoms with Crippen LogP contribution in [0.4, 0.5) is 4.39 Å². The molecule has 0 radical (unpaired) electrons. The zero-order valence-electron chi connectivity index (χ0n) is 8.14. The van der Waals surface area contributed by atoms with E-state index in [1.165, 1.54) is 6.07 Å². The van der Waals surface area contributed by atoms with Crippen molar-refractivity contribution in [2.24, 2.45) is 0 Å². The van der Waals surface area contributed by atoms with Crippen LogP contribution in [0.3, 0.4) is 0 Å². The number of hydrogen-bond donors (Lipinski definition) is 0. The van der Waals surface area contributed by atoms with Crippen molar-refractivity contribution in [1.29, 1.82) is 0 Å². The molecule has 2 aromatic rings. The molecule has 0 spiro atoms. The fourth-order valence-corrected chi connectivity index (χ4v) is 2.46. The van der Waals surface area contributed by atoms with Gasteiger partial charge in [-0.2, -0.15) is 0 Å². The fourth-order valence-electron chi connectivity index (χ4n) is 1.67. The third-order valence-corrected chi connectivity index (χ3v) is 2.93. The number of benzene rings is 2. The van der Waals surface area contributed by atoms with Gasteiger partial charge in [-0.15, -0.1) is 6.42 Å². The second-order valence-electron chi connectivity index (χ2n) is 3.41. The van der Waals surface area contributed by atoms with E-state index in [-0.39, 0.29) is 5.82 Å². The molecule has 0 unspecified atom stereocenters. The summed E-state index contributed by atoms with van der Waals surface area (Å²) in [7, 11) is 0. The van der Waals surface area contributed by atoms with Gasteiger partial charge in [-0.1, -0.05) is 34.0 Å². The molecule has 0 amide bonds. The first-order chi connectivity index (χ1) is 7.13. The summed E-state index contributed by atoms with van der Waals surface area (Å²) in [4.78, 5) is 0. The second kappa shape index (κ2) is 3.67. The van der Waals surface area contributed by atoms with Gasteiger partial charge in [-0.3, -0.25) is 0 Å². The zero-order valence-corrected chi connectivity index (χ0v) is 9.73. The molecule has 0 heterocycles. The number of hydrogen-bond acceptors (Lipinski definition) is 0. The minimum absolute atomic E-state index is 0.319. The van der Waals surface area contributed by atoms with E-state index in [1.807, 2.05) is 19.1 Å². The van der Waals surface area contributed by atoms with E-state index < -0.39 is 0 Å². The van der Waals surface area contributed by atoms with Gasteiger partial charge in [0.25, 0.3) is 0 Å². The average molecular weight is 263 g/mol. The highest BCUT2D eigenvalue weighted by Crippen LogP contribution is 2.29. The van der Waals surface area contributed by atoms with Gasteiger partial charge in [0.2, 0.25) is 0 Å². The Morgan fingerprint density at radius 2 is 2.07 bits per heavy atom. The van der Waals surface area contributed by atoms with Crippen LogP contribution in [0, 0.1) is 25.1 Å². The van der Waals surface area contributed by atoms with Gasteiger partial charge < -0.3 is 0 Å². The van der Waals surface area contributed by atoms with Crippen molar-refractivity contribution in [3.63, 3.8) is 0 Å². The topological polar surface area (TPSA) is 0 Å². The lowest BCUT2D eigenvalue weighted by molar-refractivity contribution is 0.626. The fraction of sp³-hybridized carbons (Fsp3) is 0.0769. The minimum atomic E-state index is -0.352. The van der Waals surface area contributed by atoms with Crippen molar-refractivity contribution < 1.29 is 4.39 Å². The smallest absolute Gasteiger partial charge is 0.139 e. The molecule has 0 aromatic heterocycles. The molecular formula is C13H8BrF. The van der Waals surface area contributed by atoms with Gasteiger partial charge in [-0.25, -0.2) is 4.39 Å². The third-order valence-electron chi connectivity index (χ3n) is 2.31. The van der Waals surface area contributed by atoms with Crippen LogP contribution in [-0.4, -0.2) is 0 Å². The van der Waals surface area contributed by atoms with Crippen LogP contribution in [0.5, 0.6) is 0 Å². The number of fused-ring (bicyclic) bond motifs is 1. The third kappa shape index (κ3) is 1.64. The van der Waals surface area contributed by atoms with E-state index in [2.05, 4.69) is 21.9 Å². The summed E-state index contributed by atoms with van der Waals surface area (Å²) in [6, 6.07) is 7.07. The lowest BCUT2D eigenvalue weighted by Gasteiger charge is -2.06. The van der Waals surface area contributed by atoms with Crippen molar-refractivity contribution >= 4 is 26.7 Å². The first-order valence-electron chi connectivity index (χ1n) is 4.48. The zero-order chi connectivity index (χ0) is 11.0. The molecule has 0 bridgehead atoms. The summed E-state index contributed by atoms with van der Waals surface area (Å²) in [5.41, 5.74) is 1.43. The normalized spacial score (nSPS) is 10.3. The molecule has 0 N–H and O–H groups in total. The van der Waals surface area contributed by atoms with E-state index in [4.69, 9.17) is 6.42 Å². The van der Waals surface area contributed by atoms with Crippen molar-refractivity contribution in [3.05, 3.63) is 45.7 Å². The molecule has 0 aliphatic heterocycles. The molecule has 0 nitrogen and oxygen atoms in total. The van der Waals surface area contributed by atoms with Crippen LogP contribution in [0.1, 0.15) is 11.1 Å². The molecule has 0 saturated carbocycles. The first kappa shape index (κ1) is 10.2. The Balaban J connectivity index is 3.00. The summed E-state index contributed by atoms with van der Waals surface area (Å²) in [5, 5.41) is 1.72. The molecule has 74 valence electrons. The Morgan fingerprint density at radius 3 is 2.73 bits per heavy atom. The number of aryl methyl sites for hydroxylation is 1. The van der Waals surface area contributed by atoms with Crippen molar-refractivity contribution in [1.82, 2.24) is 0 Å². The molecule has 0 aliphatic carbocycles. The van der Waals surface area contributed by atoms with Gasteiger partial charge in [0.05, 0.1) is 5.56 Å². The van der Waals surface area contributed by atoms with Crippen LogP contribution in [0.2, 0.25) is 0 Å². The first-order valence-corrected chi connectivity index (χ1v) is 5.28. The standard InChI is InChI=1S/C13H8BrF/c1-3-10-12(15)5-4-9-6-8(2)7-11(14)13(9)10/h1,4-7H,2H3. The van der Waals surface area contributed by atoms with E-state index >= 15 is 0 Å². The van der Waals surface area contributed by atoms with E-state index in [0.717, 1.165) is 20.8 Å². The Labute approximate surface area is 96.2 Å². The molecule has 0 atom stereocenters. The maximum atomic E-state index is 13.4. The lowest BCUT2D eigenvalue weighted by Crippen LogP contribution is -1.88. The minimum Gasteiger partial charge on any atom is -0.206 e. The quantitative estimate of drug-likeness (QED) is 0.629.